The van der Waals surface area contributed by atoms with Gasteiger partial charge in [0, 0.05) is 42.3 Å². The fourth-order valence-electron chi connectivity index (χ4n) is 4.41. The van der Waals surface area contributed by atoms with Gasteiger partial charge in [-0.15, -0.1) is 0 Å². The monoisotopic (exact) mass is 490 g/mol. The van der Waals surface area contributed by atoms with Crippen LogP contribution in [0, 0.1) is 5.92 Å². The van der Waals surface area contributed by atoms with Crippen molar-refractivity contribution in [3.63, 3.8) is 0 Å². The van der Waals surface area contributed by atoms with Gasteiger partial charge in [-0.3, -0.25) is 24.3 Å². The summed E-state index contributed by atoms with van der Waals surface area (Å²) in [6.45, 7) is 16.4. The predicted octanol–water partition coefficient (Wildman–Crippen LogP) is 4.40. The molecule has 3 amide bonds. The summed E-state index contributed by atoms with van der Waals surface area (Å²) >= 11 is 0. The van der Waals surface area contributed by atoms with E-state index in [4.69, 9.17) is 0 Å². The lowest BCUT2D eigenvalue weighted by molar-refractivity contribution is -0.129. The summed E-state index contributed by atoms with van der Waals surface area (Å²) in [6, 6.07) is 10.4. The average Bonchev–Trinajstić information content (AvgIpc) is 3.31. The van der Waals surface area contributed by atoms with Gasteiger partial charge < -0.3 is 10.2 Å². The highest BCUT2D eigenvalue weighted by Crippen LogP contribution is 2.33. The average molecular weight is 491 g/mol. The van der Waals surface area contributed by atoms with Gasteiger partial charge in [0.25, 0.3) is 0 Å². The van der Waals surface area contributed by atoms with E-state index in [1.54, 1.807) is 28.3 Å². The molecule has 0 spiro atoms. The summed E-state index contributed by atoms with van der Waals surface area (Å²) < 4.78 is 0. The molecular formula is C29H38N4O3. The number of rotatable bonds is 6. The highest BCUT2D eigenvalue weighted by molar-refractivity contribution is 6.03. The van der Waals surface area contributed by atoms with Gasteiger partial charge in [0.05, 0.1) is 5.92 Å². The summed E-state index contributed by atoms with van der Waals surface area (Å²) in [4.78, 5) is 47.5. The zero-order chi connectivity index (χ0) is 26.7. The number of carbonyl (C=O) groups excluding carboxylic acids is 3. The van der Waals surface area contributed by atoms with E-state index in [2.05, 4.69) is 37.7 Å². The number of amides is 3. The van der Waals surface area contributed by atoms with Crippen molar-refractivity contribution in [1.82, 2.24) is 15.2 Å². The number of benzene rings is 1. The molecule has 2 atom stereocenters. The third kappa shape index (κ3) is 6.39. The third-order valence-corrected chi connectivity index (χ3v) is 6.28. The second-order valence-corrected chi connectivity index (χ2v) is 11.4. The number of hydrogen-bond donors (Lipinski definition) is 1. The maximum Gasteiger partial charge on any atom is 0.248 e. The maximum atomic E-state index is 14.1. The molecule has 7 heteroatoms. The minimum Gasteiger partial charge on any atom is -0.349 e. The lowest BCUT2D eigenvalue weighted by Crippen LogP contribution is -2.51. The van der Waals surface area contributed by atoms with E-state index in [1.165, 1.54) is 6.08 Å². The molecule has 0 saturated carbocycles. The van der Waals surface area contributed by atoms with Crippen molar-refractivity contribution in [2.75, 3.05) is 18.0 Å². The molecule has 1 N–H and O–H groups in total. The molecule has 3 rings (SSSR count). The Morgan fingerprint density at radius 1 is 1.11 bits per heavy atom. The first kappa shape index (κ1) is 27.1. The predicted molar refractivity (Wildman–Crippen MR) is 142 cm³/mol. The van der Waals surface area contributed by atoms with Gasteiger partial charge >= 0.3 is 0 Å². The Hall–Kier alpha value is -3.48. The zero-order valence-electron chi connectivity index (χ0n) is 22.2. The van der Waals surface area contributed by atoms with E-state index < -0.39 is 17.5 Å². The van der Waals surface area contributed by atoms with Gasteiger partial charge in [0.2, 0.25) is 17.7 Å². The van der Waals surface area contributed by atoms with Gasteiger partial charge in [-0.25, -0.2) is 0 Å². The Bertz CT molecular complexity index is 1100. The number of nitrogens with zero attached hydrogens (tertiary/aromatic N) is 3. The highest BCUT2D eigenvalue weighted by atomic mass is 16.2. The lowest BCUT2D eigenvalue weighted by Gasteiger charge is -2.35. The fourth-order valence-corrected chi connectivity index (χ4v) is 4.41. The molecule has 2 heterocycles. The van der Waals surface area contributed by atoms with Crippen LogP contribution < -0.4 is 10.2 Å². The molecule has 36 heavy (non-hydrogen) atoms. The molecular weight excluding hydrogens is 452 g/mol. The molecule has 0 aliphatic carbocycles. The van der Waals surface area contributed by atoms with Crippen LogP contribution in [-0.4, -0.2) is 46.2 Å². The van der Waals surface area contributed by atoms with Crippen molar-refractivity contribution in [1.29, 1.82) is 0 Å². The van der Waals surface area contributed by atoms with E-state index in [-0.39, 0.29) is 23.1 Å². The van der Waals surface area contributed by atoms with E-state index in [9.17, 15) is 14.4 Å². The summed E-state index contributed by atoms with van der Waals surface area (Å²) in [6.07, 6.45) is 5.06. The first-order chi connectivity index (χ1) is 16.8. The molecule has 2 unspecified atom stereocenters. The Labute approximate surface area is 214 Å². The second kappa shape index (κ2) is 10.6. The number of carbonyl (C=O) groups is 3. The maximum absolute atomic E-state index is 14.1. The van der Waals surface area contributed by atoms with E-state index >= 15 is 0 Å². The van der Waals surface area contributed by atoms with Crippen molar-refractivity contribution in [2.24, 2.45) is 5.92 Å². The van der Waals surface area contributed by atoms with Gasteiger partial charge in [-0.05, 0) is 62.4 Å². The Kier molecular flexibility index (Phi) is 8.02. The number of nitrogens with one attached hydrogen (secondary N) is 1. The molecule has 1 aliphatic rings. The molecule has 0 bridgehead atoms. The van der Waals surface area contributed by atoms with Crippen LogP contribution in [0.2, 0.25) is 0 Å². The van der Waals surface area contributed by atoms with Crippen LogP contribution in [0.1, 0.15) is 65.1 Å². The lowest BCUT2D eigenvalue weighted by atomic mass is 9.87. The minimum atomic E-state index is -0.921. The molecule has 0 radical (unpaired) electrons. The number of hydrogen-bond acceptors (Lipinski definition) is 4. The van der Waals surface area contributed by atoms with Crippen LogP contribution in [0.15, 0.2) is 61.4 Å². The Balaban J connectivity index is 2.10. The summed E-state index contributed by atoms with van der Waals surface area (Å²) in [7, 11) is 0. The third-order valence-electron chi connectivity index (χ3n) is 6.28. The molecule has 1 aliphatic heterocycles. The topological polar surface area (TPSA) is 82.6 Å². The van der Waals surface area contributed by atoms with Crippen molar-refractivity contribution >= 4 is 23.4 Å². The summed E-state index contributed by atoms with van der Waals surface area (Å²) in [5.41, 5.74) is 1.81. The first-order valence-corrected chi connectivity index (χ1v) is 12.4. The quantitative estimate of drug-likeness (QED) is 0.609. The molecule has 1 aromatic carbocycles. The number of anilines is 1. The van der Waals surface area contributed by atoms with E-state index in [0.717, 1.165) is 5.56 Å². The molecule has 192 valence electrons. The van der Waals surface area contributed by atoms with Crippen LogP contribution in [0.4, 0.5) is 5.69 Å². The fraction of sp³-hybridized carbons (Fsp3) is 0.448. The molecule has 1 aromatic heterocycles. The standard InChI is InChI=1S/C29H38N4O3/c1-8-24(34)32-17-15-21(19-32)27(36)33(23-13-11-22(12-14-23)28(2,3)4)25(20-10-9-16-30-18-20)26(35)31-29(5,6)7/h8-14,16,18,21,25H,1,15,17,19H2,2-7H3,(H,31,35). The number of pyridine rings is 1. The van der Waals surface area contributed by atoms with Crippen molar-refractivity contribution in [3.05, 3.63) is 72.6 Å². The van der Waals surface area contributed by atoms with Crippen molar-refractivity contribution in [2.45, 2.75) is 65.0 Å². The van der Waals surface area contributed by atoms with Crippen LogP contribution in [0.25, 0.3) is 0 Å². The molecule has 1 fully saturated rings. The highest BCUT2D eigenvalue weighted by Gasteiger charge is 2.40. The number of likely N-dealkylation sites (tertiary alicyclic amines) is 1. The van der Waals surface area contributed by atoms with Crippen molar-refractivity contribution in [3.8, 4) is 0 Å². The summed E-state index contributed by atoms with van der Waals surface area (Å²) in [5.74, 6) is -1.12. The smallest absolute Gasteiger partial charge is 0.248 e. The summed E-state index contributed by atoms with van der Waals surface area (Å²) in [5, 5.41) is 3.05. The first-order valence-electron chi connectivity index (χ1n) is 12.4. The van der Waals surface area contributed by atoms with E-state index in [0.29, 0.717) is 30.8 Å². The van der Waals surface area contributed by atoms with Gasteiger partial charge in [-0.1, -0.05) is 45.5 Å². The van der Waals surface area contributed by atoms with E-state index in [1.807, 2.05) is 51.1 Å². The molecule has 1 saturated heterocycles. The SMILES string of the molecule is C=CC(=O)N1CCC(C(=O)N(c2ccc(C(C)(C)C)cc2)C(C(=O)NC(C)(C)C)c2cccnc2)C1. The zero-order valence-corrected chi connectivity index (χ0v) is 22.2. The van der Waals surface area contributed by atoms with Crippen LogP contribution in [0.3, 0.4) is 0 Å². The van der Waals surface area contributed by atoms with Gasteiger partial charge in [-0.2, -0.15) is 0 Å². The Morgan fingerprint density at radius 2 is 1.78 bits per heavy atom. The molecule has 7 nitrogen and oxygen atoms in total. The minimum absolute atomic E-state index is 0.0588. The second-order valence-electron chi connectivity index (χ2n) is 11.4. The van der Waals surface area contributed by atoms with Gasteiger partial charge in [0.15, 0.2) is 0 Å². The van der Waals surface area contributed by atoms with Gasteiger partial charge in [0.1, 0.15) is 6.04 Å². The van der Waals surface area contributed by atoms with Crippen LogP contribution in [0.5, 0.6) is 0 Å². The number of aromatic nitrogens is 1. The Morgan fingerprint density at radius 3 is 2.31 bits per heavy atom. The normalized spacial score (nSPS) is 16.8. The van der Waals surface area contributed by atoms with Crippen LogP contribution >= 0.6 is 0 Å². The largest absolute Gasteiger partial charge is 0.349 e. The van der Waals surface area contributed by atoms with Crippen molar-refractivity contribution < 1.29 is 14.4 Å². The molecule has 2 aromatic rings. The van der Waals surface area contributed by atoms with Crippen LogP contribution in [-0.2, 0) is 19.8 Å².